The SMILES string of the molecule is CC(C)c1ccc(N2CCOC3(CC3)C2)cc1. The Balaban J connectivity index is 1.75. The predicted octanol–water partition coefficient (Wildman–Crippen LogP) is 3.18. The van der Waals surface area contributed by atoms with E-state index in [2.05, 4.69) is 43.0 Å². The molecule has 92 valence electrons. The van der Waals surface area contributed by atoms with Crippen molar-refractivity contribution < 1.29 is 4.74 Å². The first-order chi connectivity index (χ1) is 8.19. The molecule has 0 atom stereocenters. The van der Waals surface area contributed by atoms with E-state index in [1.54, 1.807) is 0 Å². The number of rotatable bonds is 2. The van der Waals surface area contributed by atoms with Crippen molar-refractivity contribution in [1.82, 2.24) is 0 Å². The molecule has 2 fully saturated rings. The molecule has 0 unspecified atom stereocenters. The Morgan fingerprint density at radius 2 is 1.88 bits per heavy atom. The molecular weight excluding hydrogens is 210 g/mol. The average Bonchev–Trinajstić information content (AvgIpc) is 3.08. The fraction of sp³-hybridized carbons (Fsp3) is 0.600. The number of benzene rings is 1. The molecule has 1 aliphatic carbocycles. The third-order valence-electron chi connectivity index (χ3n) is 3.98. The van der Waals surface area contributed by atoms with Gasteiger partial charge in [-0.15, -0.1) is 0 Å². The highest BCUT2D eigenvalue weighted by Crippen LogP contribution is 2.42. The smallest absolute Gasteiger partial charge is 0.0859 e. The minimum absolute atomic E-state index is 0.217. The van der Waals surface area contributed by atoms with Crippen LogP contribution in [0.2, 0.25) is 0 Å². The normalized spacial score (nSPS) is 22.2. The number of ether oxygens (including phenoxy) is 1. The molecular formula is C15H21NO. The van der Waals surface area contributed by atoms with Gasteiger partial charge in [0.1, 0.15) is 0 Å². The molecule has 0 N–H and O–H groups in total. The summed E-state index contributed by atoms with van der Waals surface area (Å²) in [6.07, 6.45) is 2.49. The van der Waals surface area contributed by atoms with Gasteiger partial charge in [-0.25, -0.2) is 0 Å². The van der Waals surface area contributed by atoms with E-state index in [4.69, 9.17) is 4.74 Å². The van der Waals surface area contributed by atoms with Crippen molar-refractivity contribution in [2.24, 2.45) is 0 Å². The Bertz CT molecular complexity index is 392. The van der Waals surface area contributed by atoms with Gasteiger partial charge in [0.25, 0.3) is 0 Å². The Hall–Kier alpha value is -1.02. The summed E-state index contributed by atoms with van der Waals surface area (Å²) < 4.78 is 5.85. The molecule has 1 aliphatic heterocycles. The lowest BCUT2D eigenvalue weighted by Gasteiger charge is -2.35. The van der Waals surface area contributed by atoms with Gasteiger partial charge >= 0.3 is 0 Å². The molecule has 1 saturated heterocycles. The first kappa shape index (κ1) is 11.1. The molecule has 2 aliphatic rings. The summed E-state index contributed by atoms with van der Waals surface area (Å²) in [5.41, 5.74) is 2.99. The van der Waals surface area contributed by atoms with Crippen molar-refractivity contribution in [3.05, 3.63) is 29.8 Å². The van der Waals surface area contributed by atoms with Crippen molar-refractivity contribution in [1.29, 1.82) is 0 Å². The van der Waals surface area contributed by atoms with Crippen molar-refractivity contribution in [2.75, 3.05) is 24.6 Å². The molecule has 0 radical (unpaired) electrons. The van der Waals surface area contributed by atoms with Gasteiger partial charge in [0, 0.05) is 18.8 Å². The summed E-state index contributed by atoms with van der Waals surface area (Å²) in [4.78, 5) is 2.47. The van der Waals surface area contributed by atoms with Gasteiger partial charge in [-0.2, -0.15) is 0 Å². The topological polar surface area (TPSA) is 12.5 Å². The average molecular weight is 231 g/mol. The van der Waals surface area contributed by atoms with Gasteiger partial charge in [0.05, 0.1) is 12.2 Å². The van der Waals surface area contributed by atoms with Crippen LogP contribution < -0.4 is 4.90 Å². The number of anilines is 1. The zero-order valence-corrected chi connectivity index (χ0v) is 10.8. The van der Waals surface area contributed by atoms with Gasteiger partial charge in [-0.1, -0.05) is 26.0 Å². The number of hydrogen-bond donors (Lipinski definition) is 0. The monoisotopic (exact) mass is 231 g/mol. The van der Waals surface area contributed by atoms with Crippen LogP contribution in [0.5, 0.6) is 0 Å². The second kappa shape index (κ2) is 4.02. The summed E-state index contributed by atoms with van der Waals surface area (Å²) in [5, 5.41) is 0. The minimum atomic E-state index is 0.217. The molecule has 2 heteroatoms. The van der Waals surface area contributed by atoms with Gasteiger partial charge in [0.2, 0.25) is 0 Å². The molecule has 0 bridgehead atoms. The van der Waals surface area contributed by atoms with Crippen LogP contribution in [0.4, 0.5) is 5.69 Å². The fourth-order valence-electron chi connectivity index (χ4n) is 2.58. The largest absolute Gasteiger partial charge is 0.371 e. The molecule has 3 rings (SSSR count). The minimum Gasteiger partial charge on any atom is -0.371 e. The van der Waals surface area contributed by atoms with E-state index < -0.39 is 0 Å². The second-order valence-corrected chi connectivity index (χ2v) is 5.70. The van der Waals surface area contributed by atoms with Crippen LogP contribution in [0.1, 0.15) is 38.2 Å². The van der Waals surface area contributed by atoms with Crippen LogP contribution in [0.3, 0.4) is 0 Å². The maximum Gasteiger partial charge on any atom is 0.0859 e. The van der Waals surface area contributed by atoms with Crippen molar-refractivity contribution in [3.8, 4) is 0 Å². The molecule has 1 saturated carbocycles. The fourth-order valence-corrected chi connectivity index (χ4v) is 2.58. The first-order valence-corrected chi connectivity index (χ1v) is 6.67. The lowest BCUT2D eigenvalue weighted by Crippen LogP contribution is -2.43. The third kappa shape index (κ3) is 2.19. The van der Waals surface area contributed by atoms with Gasteiger partial charge in [-0.05, 0) is 36.5 Å². The van der Waals surface area contributed by atoms with E-state index in [1.165, 1.54) is 24.1 Å². The van der Waals surface area contributed by atoms with E-state index in [1.807, 2.05) is 0 Å². The highest BCUT2D eigenvalue weighted by Gasteiger charge is 2.47. The second-order valence-electron chi connectivity index (χ2n) is 5.70. The van der Waals surface area contributed by atoms with Gasteiger partial charge in [0.15, 0.2) is 0 Å². The molecule has 1 aromatic carbocycles. The van der Waals surface area contributed by atoms with Gasteiger partial charge < -0.3 is 9.64 Å². The van der Waals surface area contributed by atoms with Crippen molar-refractivity contribution in [2.45, 2.75) is 38.2 Å². The summed E-state index contributed by atoms with van der Waals surface area (Å²) in [7, 11) is 0. The maximum atomic E-state index is 5.85. The van der Waals surface area contributed by atoms with Crippen LogP contribution in [0, 0.1) is 0 Å². The summed E-state index contributed by atoms with van der Waals surface area (Å²) in [6, 6.07) is 9.04. The molecule has 2 nitrogen and oxygen atoms in total. The summed E-state index contributed by atoms with van der Waals surface area (Å²) in [5.74, 6) is 0.614. The van der Waals surface area contributed by atoms with Crippen LogP contribution >= 0.6 is 0 Å². The first-order valence-electron chi connectivity index (χ1n) is 6.67. The lowest BCUT2D eigenvalue weighted by molar-refractivity contribution is 0.0206. The molecule has 0 aromatic heterocycles. The van der Waals surface area contributed by atoms with Crippen molar-refractivity contribution in [3.63, 3.8) is 0 Å². The lowest BCUT2D eigenvalue weighted by atomic mass is 10.0. The Labute approximate surface area is 104 Å². The number of hydrogen-bond acceptors (Lipinski definition) is 2. The predicted molar refractivity (Wildman–Crippen MR) is 70.7 cm³/mol. The van der Waals surface area contributed by atoms with E-state index in [0.717, 1.165) is 19.7 Å². The van der Waals surface area contributed by atoms with Crippen LogP contribution in [0.15, 0.2) is 24.3 Å². The van der Waals surface area contributed by atoms with E-state index in [9.17, 15) is 0 Å². The highest BCUT2D eigenvalue weighted by molar-refractivity contribution is 5.49. The Morgan fingerprint density at radius 1 is 1.18 bits per heavy atom. The molecule has 1 heterocycles. The van der Waals surface area contributed by atoms with E-state index >= 15 is 0 Å². The zero-order valence-electron chi connectivity index (χ0n) is 10.8. The van der Waals surface area contributed by atoms with Crippen LogP contribution in [-0.4, -0.2) is 25.3 Å². The summed E-state index contributed by atoms with van der Waals surface area (Å²) >= 11 is 0. The highest BCUT2D eigenvalue weighted by atomic mass is 16.5. The Kier molecular flexibility index (Phi) is 2.62. The molecule has 1 spiro atoms. The van der Waals surface area contributed by atoms with E-state index in [-0.39, 0.29) is 5.60 Å². The number of nitrogens with zero attached hydrogens (tertiary/aromatic N) is 1. The maximum absolute atomic E-state index is 5.85. The van der Waals surface area contributed by atoms with Crippen LogP contribution in [0.25, 0.3) is 0 Å². The summed E-state index contributed by atoms with van der Waals surface area (Å²) in [6.45, 7) is 7.47. The van der Waals surface area contributed by atoms with E-state index in [0.29, 0.717) is 5.92 Å². The molecule has 1 aromatic rings. The molecule has 0 amide bonds. The standard InChI is InChI=1S/C15H21NO/c1-12(2)13-3-5-14(6-4-13)16-9-10-17-15(11-16)7-8-15/h3-6,12H,7-11H2,1-2H3. The Morgan fingerprint density at radius 3 is 2.47 bits per heavy atom. The number of morpholine rings is 1. The van der Waals surface area contributed by atoms with Crippen molar-refractivity contribution >= 4 is 5.69 Å². The van der Waals surface area contributed by atoms with Crippen LogP contribution in [-0.2, 0) is 4.74 Å². The van der Waals surface area contributed by atoms with Gasteiger partial charge in [-0.3, -0.25) is 0 Å². The quantitative estimate of drug-likeness (QED) is 0.775. The third-order valence-corrected chi connectivity index (χ3v) is 3.98. The zero-order chi connectivity index (χ0) is 11.9. The molecule has 17 heavy (non-hydrogen) atoms.